The highest BCUT2D eigenvalue weighted by Crippen LogP contribution is 2.20. The second-order valence-electron chi connectivity index (χ2n) is 5.03. The molecule has 2 N–H and O–H groups in total. The van der Waals surface area contributed by atoms with Crippen LogP contribution in [0.2, 0.25) is 0 Å². The Morgan fingerprint density at radius 1 is 1.60 bits per heavy atom. The van der Waals surface area contributed by atoms with Crippen LogP contribution in [0, 0.1) is 12.8 Å². The molecular weight excluding hydrogens is 278 g/mol. The fourth-order valence-electron chi connectivity index (χ4n) is 2.42. The van der Waals surface area contributed by atoms with E-state index in [9.17, 15) is 9.59 Å². The fraction of sp³-hybridized carbons (Fsp3) is 0.615. The number of rotatable bonds is 5. The number of likely N-dealkylation sites (tertiary alicyclic amines) is 1. The van der Waals surface area contributed by atoms with Gasteiger partial charge in [0.25, 0.3) is 5.91 Å². The highest BCUT2D eigenvalue weighted by Gasteiger charge is 2.25. The Morgan fingerprint density at radius 2 is 2.40 bits per heavy atom. The number of hydrogen-bond acceptors (Lipinski definition) is 5. The molecule has 2 rings (SSSR count). The molecule has 0 saturated carbocycles. The lowest BCUT2D eigenvalue weighted by Gasteiger charge is -2.32. The van der Waals surface area contributed by atoms with E-state index in [0.717, 1.165) is 24.4 Å². The van der Waals surface area contributed by atoms with Gasteiger partial charge >= 0.3 is 5.97 Å². The normalized spacial score (nSPS) is 19.1. The van der Waals surface area contributed by atoms with Crippen molar-refractivity contribution in [2.75, 3.05) is 26.2 Å². The summed E-state index contributed by atoms with van der Waals surface area (Å²) >= 11 is 1.42. The first-order valence-electron chi connectivity index (χ1n) is 6.70. The van der Waals surface area contributed by atoms with Crippen molar-refractivity contribution in [1.82, 2.24) is 15.2 Å². The average molecular weight is 297 g/mol. The predicted molar refractivity (Wildman–Crippen MR) is 76.0 cm³/mol. The number of carbonyl (C=O) groups excluding carboxylic acids is 1. The van der Waals surface area contributed by atoms with Gasteiger partial charge in [0, 0.05) is 19.6 Å². The van der Waals surface area contributed by atoms with E-state index >= 15 is 0 Å². The van der Waals surface area contributed by atoms with Gasteiger partial charge in [-0.3, -0.25) is 9.59 Å². The van der Waals surface area contributed by atoms with Gasteiger partial charge in [-0.15, -0.1) is 11.3 Å². The third-order valence-electron chi connectivity index (χ3n) is 3.35. The number of aliphatic carboxylic acids is 1. The van der Waals surface area contributed by atoms with Crippen LogP contribution in [0.25, 0.3) is 0 Å². The maximum atomic E-state index is 12.3. The molecule has 1 saturated heterocycles. The van der Waals surface area contributed by atoms with Crippen LogP contribution in [0.4, 0.5) is 0 Å². The van der Waals surface area contributed by atoms with E-state index in [1.54, 1.807) is 6.20 Å². The molecule has 0 bridgehead atoms. The molecule has 7 heteroatoms. The second-order valence-corrected chi connectivity index (χ2v) is 6.26. The van der Waals surface area contributed by atoms with E-state index in [4.69, 9.17) is 5.11 Å². The van der Waals surface area contributed by atoms with Crippen LogP contribution in [-0.4, -0.2) is 53.0 Å². The van der Waals surface area contributed by atoms with Gasteiger partial charge in [0.15, 0.2) is 0 Å². The molecule has 1 aliphatic rings. The highest BCUT2D eigenvalue weighted by molar-refractivity contribution is 7.13. The largest absolute Gasteiger partial charge is 0.480 e. The zero-order valence-electron chi connectivity index (χ0n) is 11.5. The topological polar surface area (TPSA) is 82.5 Å². The van der Waals surface area contributed by atoms with E-state index in [-0.39, 0.29) is 12.5 Å². The molecule has 1 atom stereocenters. The summed E-state index contributed by atoms with van der Waals surface area (Å²) in [6.07, 6.45) is 3.62. The van der Waals surface area contributed by atoms with Crippen molar-refractivity contribution < 1.29 is 14.7 Å². The second kappa shape index (κ2) is 6.81. The smallest absolute Gasteiger partial charge is 0.317 e. The summed E-state index contributed by atoms with van der Waals surface area (Å²) in [5.74, 6) is -0.492. The molecule has 1 aromatic heterocycles. The monoisotopic (exact) mass is 297 g/mol. The van der Waals surface area contributed by atoms with E-state index in [1.807, 2.05) is 11.8 Å². The van der Waals surface area contributed by atoms with Gasteiger partial charge in [-0.2, -0.15) is 0 Å². The lowest BCUT2D eigenvalue weighted by molar-refractivity contribution is -0.136. The molecule has 0 radical (unpaired) electrons. The van der Waals surface area contributed by atoms with Gasteiger partial charge in [0.2, 0.25) is 0 Å². The van der Waals surface area contributed by atoms with Crippen molar-refractivity contribution >= 4 is 23.2 Å². The van der Waals surface area contributed by atoms with Gasteiger partial charge in [-0.1, -0.05) is 0 Å². The van der Waals surface area contributed by atoms with Crippen molar-refractivity contribution in [1.29, 1.82) is 0 Å². The molecule has 2 heterocycles. The Hall–Kier alpha value is -1.47. The zero-order chi connectivity index (χ0) is 14.5. The molecule has 1 unspecified atom stereocenters. The maximum absolute atomic E-state index is 12.3. The highest BCUT2D eigenvalue weighted by atomic mass is 32.1. The first-order chi connectivity index (χ1) is 9.56. The van der Waals surface area contributed by atoms with Crippen LogP contribution >= 0.6 is 11.3 Å². The van der Waals surface area contributed by atoms with Gasteiger partial charge in [0.05, 0.1) is 17.7 Å². The number of carboxylic acid groups (broad SMARTS) is 1. The van der Waals surface area contributed by atoms with Crippen molar-refractivity contribution in [3.8, 4) is 0 Å². The Morgan fingerprint density at radius 3 is 3.05 bits per heavy atom. The van der Waals surface area contributed by atoms with Gasteiger partial charge < -0.3 is 15.3 Å². The van der Waals surface area contributed by atoms with Crippen LogP contribution in [-0.2, 0) is 4.79 Å². The van der Waals surface area contributed by atoms with Crippen LogP contribution in [0.1, 0.15) is 27.5 Å². The molecule has 1 amide bonds. The van der Waals surface area contributed by atoms with E-state index in [2.05, 4.69) is 10.3 Å². The molecule has 1 aromatic rings. The molecule has 0 spiro atoms. The molecule has 110 valence electrons. The number of piperidine rings is 1. The molecule has 6 nitrogen and oxygen atoms in total. The Labute approximate surface area is 121 Å². The summed E-state index contributed by atoms with van der Waals surface area (Å²) in [7, 11) is 0. The van der Waals surface area contributed by atoms with E-state index in [0.29, 0.717) is 23.9 Å². The van der Waals surface area contributed by atoms with Crippen molar-refractivity contribution in [3.63, 3.8) is 0 Å². The Balaban J connectivity index is 1.86. The summed E-state index contributed by atoms with van der Waals surface area (Å²) in [6.45, 7) is 3.94. The van der Waals surface area contributed by atoms with Crippen molar-refractivity contribution in [2.24, 2.45) is 5.92 Å². The SMILES string of the molecule is Cc1ncc(C(=O)N2CCCC(CNCC(=O)O)C2)s1. The standard InChI is InChI=1S/C13H19N3O3S/c1-9-15-6-11(20-9)13(19)16-4-2-3-10(8-16)5-14-7-12(17)18/h6,10,14H,2-5,7-8H2,1H3,(H,17,18). The number of carboxylic acids is 1. The molecular formula is C13H19N3O3S. The number of nitrogens with one attached hydrogen (secondary N) is 1. The predicted octanol–water partition coefficient (Wildman–Crippen LogP) is 0.978. The van der Waals surface area contributed by atoms with Gasteiger partial charge in [-0.05, 0) is 25.7 Å². The first-order valence-corrected chi connectivity index (χ1v) is 7.52. The minimum Gasteiger partial charge on any atom is -0.480 e. The minimum absolute atomic E-state index is 0.0293. The molecule has 0 aromatic carbocycles. The zero-order valence-corrected chi connectivity index (χ0v) is 12.3. The molecule has 1 fully saturated rings. The van der Waals surface area contributed by atoms with Crippen LogP contribution < -0.4 is 5.32 Å². The summed E-state index contributed by atoms with van der Waals surface area (Å²) in [4.78, 5) is 29.4. The van der Waals surface area contributed by atoms with Gasteiger partial charge in [0.1, 0.15) is 4.88 Å². The minimum atomic E-state index is -0.853. The number of carbonyl (C=O) groups is 2. The number of nitrogens with zero attached hydrogens (tertiary/aromatic N) is 2. The summed E-state index contributed by atoms with van der Waals surface area (Å²) in [5.41, 5.74) is 0. The average Bonchev–Trinajstić information content (AvgIpc) is 2.84. The quantitative estimate of drug-likeness (QED) is 0.846. The third kappa shape index (κ3) is 4.01. The van der Waals surface area contributed by atoms with E-state index in [1.165, 1.54) is 11.3 Å². The third-order valence-corrected chi connectivity index (χ3v) is 4.25. The Bertz CT molecular complexity index is 489. The van der Waals surface area contributed by atoms with Gasteiger partial charge in [-0.25, -0.2) is 4.98 Å². The number of thiazole rings is 1. The number of aromatic nitrogens is 1. The first kappa shape index (κ1) is 14.9. The fourth-order valence-corrected chi connectivity index (χ4v) is 3.16. The van der Waals surface area contributed by atoms with E-state index < -0.39 is 5.97 Å². The van der Waals surface area contributed by atoms with Crippen LogP contribution in [0.3, 0.4) is 0 Å². The molecule has 1 aliphatic heterocycles. The number of amides is 1. The summed E-state index contributed by atoms with van der Waals surface area (Å²) in [5, 5.41) is 12.4. The lowest BCUT2D eigenvalue weighted by atomic mass is 9.98. The lowest BCUT2D eigenvalue weighted by Crippen LogP contribution is -2.43. The Kier molecular flexibility index (Phi) is 5.08. The number of hydrogen-bond donors (Lipinski definition) is 2. The maximum Gasteiger partial charge on any atom is 0.317 e. The summed E-state index contributed by atoms with van der Waals surface area (Å²) in [6, 6.07) is 0. The molecule has 20 heavy (non-hydrogen) atoms. The van der Waals surface area contributed by atoms with Crippen LogP contribution in [0.15, 0.2) is 6.20 Å². The van der Waals surface area contributed by atoms with Crippen LogP contribution in [0.5, 0.6) is 0 Å². The summed E-state index contributed by atoms with van der Waals surface area (Å²) < 4.78 is 0. The van der Waals surface area contributed by atoms with Crippen molar-refractivity contribution in [3.05, 3.63) is 16.1 Å². The van der Waals surface area contributed by atoms with Crippen molar-refractivity contribution in [2.45, 2.75) is 19.8 Å². The number of aryl methyl sites for hydroxylation is 1. The molecule has 0 aliphatic carbocycles.